The van der Waals surface area contributed by atoms with E-state index in [1.165, 1.54) is 0 Å². The molecule has 19 heavy (non-hydrogen) atoms. The van der Waals surface area contributed by atoms with Crippen LogP contribution in [0, 0.1) is 12.3 Å². The summed E-state index contributed by atoms with van der Waals surface area (Å²) in [7, 11) is 0. The number of aryl methyl sites for hydroxylation is 1. The van der Waals surface area contributed by atoms with Crippen molar-refractivity contribution < 1.29 is 4.79 Å². The number of carbonyl (C=O) groups excluding carboxylic acids is 1. The average Bonchev–Trinajstić information content (AvgIpc) is 2.78. The van der Waals surface area contributed by atoms with Gasteiger partial charge in [-0.25, -0.2) is 0 Å². The molecule has 2 rings (SSSR count). The number of halogens is 2. The SMILES string of the molecule is Cc1cncc(NC(=O)C2(CN)CCCC2)c1.Cl.Cl. The van der Waals surface area contributed by atoms with E-state index in [-0.39, 0.29) is 36.1 Å². The highest BCUT2D eigenvalue weighted by molar-refractivity contribution is 5.95. The molecule has 0 aliphatic heterocycles. The first-order chi connectivity index (χ1) is 8.16. The number of nitrogens with one attached hydrogen (secondary N) is 1. The Labute approximate surface area is 126 Å². The van der Waals surface area contributed by atoms with Gasteiger partial charge in [-0.05, 0) is 31.4 Å². The van der Waals surface area contributed by atoms with E-state index in [1.54, 1.807) is 12.4 Å². The summed E-state index contributed by atoms with van der Waals surface area (Å²) in [5.74, 6) is 0.0462. The zero-order valence-electron chi connectivity index (χ0n) is 11.0. The second-order valence-corrected chi connectivity index (χ2v) is 4.90. The van der Waals surface area contributed by atoms with Crippen molar-refractivity contribution in [3.63, 3.8) is 0 Å². The molecular formula is C13H21Cl2N3O. The molecule has 4 nitrogen and oxygen atoms in total. The maximum absolute atomic E-state index is 12.3. The maximum Gasteiger partial charge on any atom is 0.231 e. The molecule has 0 unspecified atom stereocenters. The van der Waals surface area contributed by atoms with Gasteiger partial charge in [0.1, 0.15) is 0 Å². The number of rotatable bonds is 3. The zero-order chi connectivity index (χ0) is 12.3. The summed E-state index contributed by atoms with van der Waals surface area (Å²) < 4.78 is 0. The Balaban J connectivity index is 0.00000162. The van der Waals surface area contributed by atoms with Crippen molar-refractivity contribution in [1.82, 2.24) is 4.98 Å². The molecule has 0 aromatic carbocycles. The van der Waals surface area contributed by atoms with E-state index in [9.17, 15) is 4.79 Å². The molecule has 1 heterocycles. The predicted molar refractivity (Wildman–Crippen MR) is 82.1 cm³/mol. The molecule has 0 atom stereocenters. The molecule has 1 amide bonds. The summed E-state index contributed by atoms with van der Waals surface area (Å²) in [4.78, 5) is 16.3. The lowest BCUT2D eigenvalue weighted by atomic mass is 9.85. The van der Waals surface area contributed by atoms with Gasteiger partial charge in [-0.3, -0.25) is 9.78 Å². The summed E-state index contributed by atoms with van der Waals surface area (Å²) in [5.41, 5.74) is 7.22. The van der Waals surface area contributed by atoms with Crippen LogP contribution in [0.1, 0.15) is 31.2 Å². The van der Waals surface area contributed by atoms with Crippen molar-refractivity contribution in [1.29, 1.82) is 0 Å². The lowest BCUT2D eigenvalue weighted by molar-refractivity contribution is -0.124. The van der Waals surface area contributed by atoms with E-state index >= 15 is 0 Å². The van der Waals surface area contributed by atoms with Crippen molar-refractivity contribution in [3.05, 3.63) is 24.0 Å². The van der Waals surface area contributed by atoms with E-state index < -0.39 is 0 Å². The lowest BCUT2D eigenvalue weighted by Gasteiger charge is -2.25. The molecule has 1 saturated carbocycles. The summed E-state index contributed by atoms with van der Waals surface area (Å²) in [6, 6.07) is 1.92. The van der Waals surface area contributed by atoms with Gasteiger partial charge in [0.25, 0.3) is 0 Å². The Morgan fingerprint density at radius 2 is 2.00 bits per heavy atom. The number of carbonyl (C=O) groups is 1. The Morgan fingerprint density at radius 3 is 2.53 bits per heavy atom. The van der Waals surface area contributed by atoms with Crippen molar-refractivity contribution in [2.75, 3.05) is 11.9 Å². The minimum absolute atomic E-state index is 0. The van der Waals surface area contributed by atoms with Crippen molar-refractivity contribution >= 4 is 36.4 Å². The third-order valence-electron chi connectivity index (χ3n) is 3.57. The number of anilines is 1. The van der Waals surface area contributed by atoms with Crippen LogP contribution in [0.4, 0.5) is 5.69 Å². The Morgan fingerprint density at radius 1 is 1.37 bits per heavy atom. The van der Waals surface area contributed by atoms with Crippen LogP contribution in [0.3, 0.4) is 0 Å². The normalized spacial score (nSPS) is 16.1. The van der Waals surface area contributed by atoms with Gasteiger partial charge in [-0.15, -0.1) is 24.8 Å². The first kappa shape index (κ1) is 18.2. The first-order valence-electron chi connectivity index (χ1n) is 6.09. The molecule has 108 valence electrons. The molecule has 0 bridgehead atoms. The standard InChI is InChI=1S/C13H19N3O.2ClH/c1-10-6-11(8-15-7-10)16-12(17)13(9-14)4-2-3-5-13;;/h6-8H,2-5,9,14H2,1H3,(H,16,17);2*1H. The van der Waals surface area contributed by atoms with E-state index in [0.717, 1.165) is 36.9 Å². The van der Waals surface area contributed by atoms with Crippen molar-refractivity contribution in [2.24, 2.45) is 11.1 Å². The number of nitrogens with two attached hydrogens (primary N) is 1. The second-order valence-electron chi connectivity index (χ2n) is 4.90. The molecule has 0 radical (unpaired) electrons. The number of hydrogen-bond donors (Lipinski definition) is 2. The van der Waals surface area contributed by atoms with Gasteiger partial charge in [-0.2, -0.15) is 0 Å². The third-order valence-corrected chi connectivity index (χ3v) is 3.57. The number of hydrogen-bond acceptors (Lipinski definition) is 3. The third kappa shape index (κ3) is 4.06. The van der Waals surface area contributed by atoms with Crippen molar-refractivity contribution in [2.45, 2.75) is 32.6 Å². The monoisotopic (exact) mass is 305 g/mol. The van der Waals surface area contributed by atoms with Gasteiger partial charge in [0.15, 0.2) is 0 Å². The van der Waals surface area contributed by atoms with Gasteiger partial charge in [0.2, 0.25) is 5.91 Å². The highest BCUT2D eigenvalue weighted by atomic mass is 35.5. The highest BCUT2D eigenvalue weighted by Crippen LogP contribution is 2.38. The van der Waals surface area contributed by atoms with Crippen LogP contribution < -0.4 is 11.1 Å². The molecule has 1 aliphatic carbocycles. The van der Waals surface area contributed by atoms with Gasteiger partial charge in [0, 0.05) is 12.7 Å². The van der Waals surface area contributed by atoms with E-state index in [1.807, 2.05) is 13.0 Å². The molecule has 1 fully saturated rings. The second kappa shape index (κ2) is 7.68. The van der Waals surface area contributed by atoms with E-state index in [4.69, 9.17) is 5.73 Å². The number of pyridine rings is 1. The Bertz CT molecular complexity index is 420. The van der Waals surface area contributed by atoms with Gasteiger partial charge in [-0.1, -0.05) is 12.8 Å². The molecule has 6 heteroatoms. The van der Waals surface area contributed by atoms with Gasteiger partial charge < -0.3 is 11.1 Å². The predicted octanol–water partition coefficient (Wildman–Crippen LogP) is 2.69. The Hall–Kier alpha value is -0.840. The average molecular weight is 306 g/mol. The van der Waals surface area contributed by atoms with Crippen LogP contribution in [0.5, 0.6) is 0 Å². The summed E-state index contributed by atoms with van der Waals surface area (Å²) in [6.07, 6.45) is 7.42. The van der Waals surface area contributed by atoms with Crippen LogP contribution in [-0.2, 0) is 4.79 Å². The molecule has 0 spiro atoms. The molecule has 1 aliphatic rings. The van der Waals surface area contributed by atoms with Crippen LogP contribution in [0.15, 0.2) is 18.5 Å². The highest BCUT2D eigenvalue weighted by Gasteiger charge is 2.39. The molecular weight excluding hydrogens is 285 g/mol. The van der Waals surface area contributed by atoms with E-state index in [0.29, 0.717) is 6.54 Å². The summed E-state index contributed by atoms with van der Waals surface area (Å²) in [6.45, 7) is 2.38. The van der Waals surface area contributed by atoms with Crippen molar-refractivity contribution in [3.8, 4) is 0 Å². The van der Waals surface area contributed by atoms with Gasteiger partial charge in [0.05, 0.1) is 17.3 Å². The zero-order valence-corrected chi connectivity index (χ0v) is 12.6. The van der Waals surface area contributed by atoms with Crippen LogP contribution in [0.25, 0.3) is 0 Å². The van der Waals surface area contributed by atoms with E-state index in [2.05, 4.69) is 10.3 Å². The smallest absolute Gasteiger partial charge is 0.231 e. The molecule has 1 aromatic rings. The number of aromatic nitrogens is 1. The summed E-state index contributed by atoms with van der Waals surface area (Å²) in [5, 5.41) is 2.94. The van der Waals surface area contributed by atoms with Crippen LogP contribution in [0.2, 0.25) is 0 Å². The largest absolute Gasteiger partial charge is 0.329 e. The molecule has 1 aromatic heterocycles. The fourth-order valence-corrected chi connectivity index (χ4v) is 2.46. The molecule has 0 saturated heterocycles. The Kier molecular flexibility index (Phi) is 7.34. The molecule has 3 N–H and O–H groups in total. The first-order valence-corrected chi connectivity index (χ1v) is 6.09. The number of amides is 1. The summed E-state index contributed by atoms with van der Waals surface area (Å²) >= 11 is 0. The maximum atomic E-state index is 12.3. The quantitative estimate of drug-likeness (QED) is 0.902. The fourth-order valence-electron chi connectivity index (χ4n) is 2.46. The van der Waals surface area contributed by atoms with Crippen LogP contribution in [-0.4, -0.2) is 17.4 Å². The minimum Gasteiger partial charge on any atom is -0.329 e. The lowest BCUT2D eigenvalue weighted by Crippen LogP contribution is -2.40. The number of nitrogens with zero attached hydrogens (tertiary/aromatic N) is 1. The topological polar surface area (TPSA) is 68.0 Å². The van der Waals surface area contributed by atoms with Gasteiger partial charge >= 0.3 is 0 Å². The fraction of sp³-hybridized carbons (Fsp3) is 0.538. The minimum atomic E-state index is -0.357. The van der Waals surface area contributed by atoms with Crippen LogP contribution >= 0.6 is 24.8 Å².